The number of aryl methyl sites for hydroxylation is 3. The fourth-order valence-electron chi connectivity index (χ4n) is 4.59. The van der Waals surface area contributed by atoms with E-state index in [2.05, 4.69) is 44.4 Å². The Morgan fingerprint density at radius 3 is 2.46 bits per heavy atom. The SMILES string of the molecule is CCCCCCCCCNCc1cncc(-c2cc(Cl)c3c(c2)CCC(=O)N3)c1.Cc1noc(C)c1C(=O)O. The fourth-order valence-corrected chi connectivity index (χ4v) is 4.87. The predicted octanol–water partition coefficient (Wildman–Crippen LogP) is 7.12. The Bertz CT molecular complexity index is 1240. The Hall–Kier alpha value is -3.23. The van der Waals surface area contributed by atoms with E-state index in [1.807, 2.05) is 18.5 Å². The van der Waals surface area contributed by atoms with E-state index >= 15 is 0 Å². The summed E-state index contributed by atoms with van der Waals surface area (Å²) >= 11 is 6.43. The van der Waals surface area contributed by atoms with Gasteiger partial charge in [0.15, 0.2) is 0 Å². The number of carbonyl (C=O) groups excluding carboxylic acids is 1. The summed E-state index contributed by atoms with van der Waals surface area (Å²) in [5.41, 5.74) is 5.72. The average Bonchev–Trinajstić information content (AvgIpc) is 3.26. The van der Waals surface area contributed by atoms with Crippen molar-refractivity contribution in [3.63, 3.8) is 0 Å². The van der Waals surface area contributed by atoms with Gasteiger partial charge in [-0.05, 0) is 68.1 Å². The van der Waals surface area contributed by atoms with Crippen LogP contribution >= 0.6 is 11.6 Å². The number of pyridine rings is 1. The lowest BCUT2D eigenvalue weighted by Crippen LogP contribution is -2.19. The number of carboxylic acid groups (broad SMARTS) is 1. The van der Waals surface area contributed by atoms with E-state index in [9.17, 15) is 9.59 Å². The van der Waals surface area contributed by atoms with Crippen LogP contribution in [-0.2, 0) is 17.8 Å². The predicted molar refractivity (Wildman–Crippen MR) is 154 cm³/mol. The van der Waals surface area contributed by atoms with Gasteiger partial charge < -0.3 is 20.3 Å². The second kappa shape index (κ2) is 15.4. The first-order valence-corrected chi connectivity index (χ1v) is 14.1. The lowest BCUT2D eigenvalue weighted by atomic mass is 9.97. The number of rotatable bonds is 12. The van der Waals surface area contributed by atoms with Gasteiger partial charge in [-0.3, -0.25) is 9.78 Å². The van der Waals surface area contributed by atoms with Crippen molar-refractivity contribution in [3.8, 4) is 11.1 Å². The van der Waals surface area contributed by atoms with Gasteiger partial charge in [-0.25, -0.2) is 4.79 Å². The summed E-state index contributed by atoms with van der Waals surface area (Å²) in [6, 6.07) is 6.20. The summed E-state index contributed by atoms with van der Waals surface area (Å²) in [5, 5.41) is 19.0. The number of nitrogens with one attached hydrogen (secondary N) is 2. The van der Waals surface area contributed by atoms with Gasteiger partial charge in [0.2, 0.25) is 5.91 Å². The van der Waals surface area contributed by atoms with Gasteiger partial charge in [-0.2, -0.15) is 0 Å². The number of nitrogens with zero attached hydrogens (tertiary/aromatic N) is 2. The van der Waals surface area contributed by atoms with Crippen molar-refractivity contribution in [1.82, 2.24) is 15.5 Å². The molecule has 9 heteroatoms. The highest BCUT2D eigenvalue weighted by Crippen LogP contribution is 2.35. The van der Waals surface area contributed by atoms with Crippen molar-refractivity contribution in [1.29, 1.82) is 0 Å². The van der Waals surface area contributed by atoms with Crippen LogP contribution in [0.1, 0.15) is 91.2 Å². The number of carboxylic acids is 1. The number of benzene rings is 1. The van der Waals surface area contributed by atoms with Crippen LogP contribution in [0.3, 0.4) is 0 Å². The molecule has 0 saturated heterocycles. The number of unbranched alkanes of at least 4 members (excludes halogenated alkanes) is 6. The Labute approximate surface area is 235 Å². The van der Waals surface area contributed by atoms with Crippen LogP contribution in [0.25, 0.3) is 11.1 Å². The summed E-state index contributed by atoms with van der Waals surface area (Å²) in [6.07, 6.45) is 14.3. The van der Waals surface area contributed by atoms with Gasteiger partial charge in [0.05, 0.1) is 16.4 Å². The molecule has 39 heavy (non-hydrogen) atoms. The van der Waals surface area contributed by atoms with Crippen molar-refractivity contribution in [2.24, 2.45) is 0 Å². The molecule has 3 heterocycles. The quantitative estimate of drug-likeness (QED) is 0.204. The highest BCUT2D eigenvalue weighted by molar-refractivity contribution is 6.34. The lowest BCUT2D eigenvalue weighted by molar-refractivity contribution is -0.116. The van der Waals surface area contributed by atoms with E-state index in [1.54, 1.807) is 13.8 Å². The van der Waals surface area contributed by atoms with Crippen LogP contribution in [0, 0.1) is 13.8 Å². The molecule has 1 aromatic carbocycles. The largest absolute Gasteiger partial charge is 0.477 e. The molecular weight excluding hydrogens is 516 g/mol. The first-order chi connectivity index (χ1) is 18.8. The molecule has 0 aliphatic carbocycles. The molecule has 1 amide bonds. The Balaban J connectivity index is 0.000000353. The number of aromatic nitrogens is 2. The fraction of sp³-hybridized carbons (Fsp3) is 0.467. The number of hydrogen-bond acceptors (Lipinski definition) is 6. The number of anilines is 1. The smallest absolute Gasteiger partial charge is 0.341 e. The van der Waals surface area contributed by atoms with Gasteiger partial charge in [-0.15, -0.1) is 0 Å². The van der Waals surface area contributed by atoms with Crippen LogP contribution in [0.15, 0.2) is 35.1 Å². The molecular formula is C30H39ClN4O4. The molecule has 3 aromatic rings. The molecule has 210 valence electrons. The van der Waals surface area contributed by atoms with Crippen molar-refractivity contribution in [2.75, 3.05) is 11.9 Å². The van der Waals surface area contributed by atoms with Crippen LogP contribution in [0.2, 0.25) is 5.02 Å². The normalized spacial score (nSPS) is 12.4. The summed E-state index contributed by atoms with van der Waals surface area (Å²) in [5.74, 6) is -0.607. The van der Waals surface area contributed by atoms with Crippen molar-refractivity contribution in [2.45, 2.75) is 85.1 Å². The Kier molecular flexibility index (Phi) is 12.0. The van der Waals surface area contributed by atoms with Gasteiger partial charge in [-0.1, -0.05) is 62.2 Å². The van der Waals surface area contributed by atoms with E-state index in [-0.39, 0.29) is 11.5 Å². The number of halogens is 1. The molecule has 8 nitrogen and oxygen atoms in total. The second-order valence-electron chi connectivity index (χ2n) is 9.92. The molecule has 0 saturated carbocycles. The molecule has 4 rings (SSSR count). The maximum absolute atomic E-state index is 11.6. The highest BCUT2D eigenvalue weighted by Gasteiger charge is 2.19. The third kappa shape index (κ3) is 9.18. The van der Waals surface area contributed by atoms with Gasteiger partial charge in [0.1, 0.15) is 11.3 Å². The third-order valence-corrected chi connectivity index (χ3v) is 7.02. The van der Waals surface area contributed by atoms with Crippen molar-refractivity contribution >= 4 is 29.2 Å². The van der Waals surface area contributed by atoms with Gasteiger partial charge in [0.25, 0.3) is 0 Å². The van der Waals surface area contributed by atoms with Crippen molar-refractivity contribution < 1.29 is 19.2 Å². The Morgan fingerprint density at radius 1 is 1.05 bits per heavy atom. The standard InChI is InChI=1S/C24H32ClN3O.C6H7NO3/c1-2-3-4-5-6-7-8-11-26-15-18-12-21(17-27-16-18)20-13-19-9-10-23(29)28-24(19)22(25)14-20;1-3-5(6(8)9)4(2)10-7-3/h12-14,16-17,26H,2-11,15H2,1H3,(H,28,29);1-2H3,(H,8,9). The van der Waals surface area contributed by atoms with Gasteiger partial charge in [0, 0.05) is 30.9 Å². The van der Waals surface area contributed by atoms with Crippen molar-refractivity contribution in [3.05, 3.63) is 63.8 Å². The highest BCUT2D eigenvalue weighted by atomic mass is 35.5. The Morgan fingerprint density at radius 2 is 1.79 bits per heavy atom. The summed E-state index contributed by atoms with van der Waals surface area (Å²) in [7, 11) is 0. The molecule has 0 atom stereocenters. The zero-order valence-electron chi connectivity index (χ0n) is 23.1. The molecule has 1 aliphatic heterocycles. The number of amides is 1. The minimum Gasteiger partial charge on any atom is -0.477 e. The molecule has 3 N–H and O–H groups in total. The van der Waals surface area contributed by atoms with Gasteiger partial charge >= 0.3 is 5.97 Å². The molecule has 0 radical (unpaired) electrons. The zero-order valence-corrected chi connectivity index (χ0v) is 23.9. The number of hydrogen-bond donors (Lipinski definition) is 3. The van der Waals surface area contributed by atoms with E-state index in [4.69, 9.17) is 16.7 Å². The number of aromatic carboxylic acids is 1. The van der Waals surface area contributed by atoms with Crippen LogP contribution in [0.5, 0.6) is 0 Å². The third-order valence-electron chi connectivity index (χ3n) is 6.72. The summed E-state index contributed by atoms with van der Waals surface area (Å²) in [4.78, 5) is 26.4. The summed E-state index contributed by atoms with van der Waals surface area (Å²) in [6.45, 7) is 7.30. The monoisotopic (exact) mass is 554 g/mol. The van der Waals surface area contributed by atoms with E-state index in [0.29, 0.717) is 22.9 Å². The van der Waals surface area contributed by atoms with Crippen LogP contribution in [-0.4, -0.2) is 33.7 Å². The van der Waals surface area contributed by atoms with E-state index in [1.165, 1.54) is 50.5 Å². The molecule has 0 bridgehead atoms. The summed E-state index contributed by atoms with van der Waals surface area (Å²) < 4.78 is 4.63. The van der Waals surface area contributed by atoms with Crippen LogP contribution in [0.4, 0.5) is 5.69 Å². The second-order valence-corrected chi connectivity index (χ2v) is 10.3. The first-order valence-electron chi connectivity index (χ1n) is 13.7. The number of fused-ring (bicyclic) bond motifs is 1. The number of carbonyl (C=O) groups is 2. The topological polar surface area (TPSA) is 117 Å². The average molecular weight is 555 g/mol. The minimum atomic E-state index is -0.990. The lowest BCUT2D eigenvalue weighted by Gasteiger charge is -2.19. The first kappa shape index (κ1) is 30.3. The maximum atomic E-state index is 11.6. The molecule has 0 spiro atoms. The molecule has 0 unspecified atom stereocenters. The van der Waals surface area contributed by atoms with Crippen LogP contribution < -0.4 is 10.6 Å². The van der Waals surface area contributed by atoms with E-state index < -0.39 is 5.97 Å². The molecule has 1 aliphatic rings. The minimum absolute atomic E-state index is 0.0304. The van der Waals surface area contributed by atoms with E-state index in [0.717, 1.165) is 41.9 Å². The zero-order chi connectivity index (χ0) is 28.2. The molecule has 0 fully saturated rings. The molecule has 2 aromatic heterocycles. The maximum Gasteiger partial charge on any atom is 0.341 e.